The van der Waals surface area contributed by atoms with E-state index in [9.17, 15) is 0 Å². The summed E-state index contributed by atoms with van der Waals surface area (Å²) in [5.41, 5.74) is 4.83. The number of nitrogens with two attached hydrogens (primary N) is 1. The molecule has 0 aromatic carbocycles. The highest BCUT2D eigenvalue weighted by Gasteiger charge is 2.49. The number of ether oxygens (including phenoxy) is 1. The SMILES string of the molecule is Cc1nn(C)cc1C(NN)C1CC(C)(C)OC1(C)C. The van der Waals surface area contributed by atoms with E-state index in [4.69, 9.17) is 10.6 Å². The molecule has 2 atom stereocenters. The minimum atomic E-state index is -0.206. The number of hydrazine groups is 1. The van der Waals surface area contributed by atoms with Gasteiger partial charge in [-0.15, -0.1) is 0 Å². The van der Waals surface area contributed by atoms with Crippen molar-refractivity contribution in [2.75, 3.05) is 0 Å². The van der Waals surface area contributed by atoms with Crippen molar-refractivity contribution in [3.05, 3.63) is 17.5 Å². The summed E-state index contributed by atoms with van der Waals surface area (Å²) in [5.74, 6) is 6.15. The molecule has 5 heteroatoms. The van der Waals surface area contributed by atoms with Gasteiger partial charge in [-0.05, 0) is 41.0 Å². The molecule has 0 amide bonds. The molecule has 0 spiro atoms. The fourth-order valence-corrected chi connectivity index (χ4v) is 3.47. The minimum absolute atomic E-state index is 0.0606. The molecule has 2 rings (SSSR count). The van der Waals surface area contributed by atoms with Crippen molar-refractivity contribution < 1.29 is 4.74 Å². The molecule has 1 saturated heterocycles. The van der Waals surface area contributed by atoms with E-state index in [1.54, 1.807) is 0 Å². The molecular weight excluding hydrogens is 240 g/mol. The number of hydrogen-bond donors (Lipinski definition) is 2. The summed E-state index contributed by atoms with van der Waals surface area (Å²) >= 11 is 0. The Labute approximate surface area is 115 Å². The number of nitrogens with one attached hydrogen (secondary N) is 1. The fraction of sp³-hybridized carbons (Fsp3) is 0.786. The van der Waals surface area contributed by atoms with Gasteiger partial charge in [0.1, 0.15) is 0 Å². The first kappa shape index (κ1) is 14.5. The van der Waals surface area contributed by atoms with E-state index in [1.165, 1.54) is 0 Å². The van der Waals surface area contributed by atoms with Crippen molar-refractivity contribution in [2.24, 2.45) is 18.8 Å². The van der Waals surface area contributed by atoms with Crippen LogP contribution in [-0.4, -0.2) is 21.0 Å². The van der Waals surface area contributed by atoms with Gasteiger partial charge in [-0.2, -0.15) is 5.10 Å². The Morgan fingerprint density at radius 1 is 1.47 bits per heavy atom. The first-order chi connectivity index (χ1) is 8.66. The third-order valence-electron chi connectivity index (χ3n) is 4.11. The van der Waals surface area contributed by atoms with Gasteiger partial charge in [0.15, 0.2) is 0 Å². The molecule has 1 aromatic rings. The van der Waals surface area contributed by atoms with Crippen LogP contribution in [0.4, 0.5) is 0 Å². The zero-order valence-corrected chi connectivity index (χ0v) is 12.8. The van der Waals surface area contributed by atoms with Crippen LogP contribution in [0.25, 0.3) is 0 Å². The van der Waals surface area contributed by atoms with E-state index in [-0.39, 0.29) is 17.2 Å². The summed E-state index contributed by atoms with van der Waals surface area (Å²) in [6.45, 7) is 10.6. The van der Waals surface area contributed by atoms with Crippen LogP contribution in [0, 0.1) is 12.8 Å². The maximum Gasteiger partial charge on any atom is 0.0681 e. The van der Waals surface area contributed by atoms with Crippen molar-refractivity contribution in [2.45, 2.75) is 58.3 Å². The van der Waals surface area contributed by atoms with Crippen molar-refractivity contribution >= 4 is 0 Å². The lowest BCUT2D eigenvalue weighted by Crippen LogP contribution is -2.41. The van der Waals surface area contributed by atoms with Gasteiger partial charge < -0.3 is 4.74 Å². The summed E-state index contributed by atoms with van der Waals surface area (Å²) < 4.78 is 8.01. The molecule has 108 valence electrons. The number of aromatic nitrogens is 2. The zero-order chi connectivity index (χ0) is 14.4. The van der Waals surface area contributed by atoms with Crippen LogP contribution in [0.2, 0.25) is 0 Å². The van der Waals surface area contributed by atoms with Crippen LogP contribution in [0.15, 0.2) is 6.20 Å². The predicted molar refractivity (Wildman–Crippen MR) is 75.4 cm³/mol. The number of nitrogens with zero attached hydrogens (tertiary/aromatic N) is 2. The maximum absolute atomic E-state index is 6.18. The topological polar surface area (TPSA) is 65.1 Å². The van der Waals surface area contributed by atoms with Crippen molar-refractivity contribution in [1.82, 2.24) is 15.2 Å². The van der Waals surface area contributed by atoms with Crippen LogP contribution in [0.1, 0.15) is 51.4 Å². The fourth-order valence-electron chi connectivity index (χ4n) is 3.47. The monoisotopic (exact) mass is 266 g/mol. The second-order valence-corrected chi connectivity index (χ2v) is 6.76. The quantitative estimate of drug-likeness (QED) is 0.647. The normalized spacial score (nSPS) is 26.6. The Morgan fingerprint density at radius 2 is 2.11 bits per heavy atom. The molecule has 0 saturated carbocycles. The Kier molecular flexibility index (Phi) is 3.49. The number of hydrogen-bond acceptors (Lipinski definition) is 4. The second-order valence-electron chi connectivity index (χ2n) is 6.76. The van der Waals surface area contributed by atoms with Crippen molar-refractivity contribution in [3.63, 3.8) is 0 Å². The van der Waals surface area contributed by atoms with Gasteiger partial charge >= 0.3 is 0 Å². The second kappa shape index (κ2) is 4.58. The molecule has 1 aliphatic heterocycles. The lowest BCUT2D eigenvalue weighted by atomic mass is 9.79. The van der Waals surface area contributed by atoms with Crippen LogP contribution < -0.4 is 11.3 Å². The van der Waals surface area contributed by atoms with Gasteiger partial charge in [0.2, 0.25) is 0 Å². The standard InChI is InChI=1S/C14H26N4O/c1-9-10(8-18(6)17-9)12(16-15)11-7-13(2,3)19-14(11,4)5/h8,11-12,16H,7,15H2,1-6H3. The van der Waals surface area contributed by atoms with Crippen molar-refractivity contribution in [1.29, 1.82) is 0 Å². The summed E-state index contributed by atoms with van der Waals surface area (Å²) in [5, 5.41) is 4.42. The molecule has 1 aromatic heterocycles. The number of rotatable bonds is 3. The van der Waals surface area contributed by atoms with Gasteiger partial charge in [-0.3, -0.25) is 16.0 Å². The highest BCUT2D eigenvalue weighted by atomic mass is 16.5. The largest absolute Gasteiger partial charge is 0.369 e. The molecule has 19 heavy (non-hydrogen) atoms. The Morgan fingerprint density at radius 3 is 2.47 bits per heavy atom. The summed E-state index contributed by atoms with van der Waals surface area (Å²) in [7, 11) is 1.93. The highest BCUT2D eigenvalue weighted by Crippen LogP contribution is 2.47. The van der Waals surface area contributed by atoms with Gasteiger partial charge in [0.05, 0.1) is 22.9 Å². The molecule has 1 aliphatic rings. The van der Waals surface area contributed by atoms with E-state index in [2.05, 4.69) is 38.2 Å². The molecule has 3 N–H and O–H groups in total. The Bertz CT molecular complexity index is 464. The molecule has 0 bridgehead atoms. The lowest BCUT2D eigenvalue weighted by molar-refractivity contribution is -0.0779. The van der Waals surface area contributed by atoms with Gasteiger partial charge in [0.25, 0.3) is 0 Å². The van der Waals surface area contributed by atoms with Crippen LogP contribution in [0.3, 0.4) is 0 Å². The van der Waals surface area contributed by atoms with Gasteiger partial charge in [-0.1, -0.05) is 0 Å². The predicted octanol–water partition coefficient (Wildman–Crippen LogP) is 1.83. The van der Waals surface area contributed by atoms with E-state index >= 15 is 0 Å². The first-order valence-electron chi connectivity index (χ1n) is 6.83. The van der Waals surface area contributed by atoms with E-state index in [1.807, 2.05) is 24.9 Å². The van der Waals surface area contributed by atoms with E-state index in [0.717, 1.165) is 17.7 Å². The average Bonchev–Trinajstić information content (AvgIpc) is 2.66. The highest BCUT2D eigenvalue weighted by molar-refractivity contribution is 5.23. The van der Waals surface area contributed by atoms with E-state index < -0.39 is 0 Å². The molecule has 1 fully saturated rings. The average molecular weight is 266 g/mol. The zero-order valence-electron chi connectivity index (χ0n) is 12.8. The maximum atomic E-state index is 6.18. The van der Waals surface area contributed by atoms with Crippen LogP contribution in [-0.2, 0) is 11.8 Å². The third-order valence-corrected chi connectivity index (χ3v) is 4.11. The van der Waals surface area contributed by atoms with Crippen LogP contribution in [0.5, 0.6) is 0 Å². The third kappa shape index (κ3) is 2.68. The molecule has 0 aliphatic carbocycles. The first-order valence-corrected chi connectivity index (χ1v) is 6.83. The summed E-state index contributed by atoms with van der Waals surface area (Å²) in [6.07, 6.45) is 3.02. The van der Waals surface area contributed by atoms with E-state index in [0.29, 0.717) is 5.92 Å². The summed E-state index contributed by atoms with van der Waals surface area (Å²) in [4.78, 5) is 0. The van der Waals surface area contributed by atoms with Gasteiger partial charge in [0, 0.05) is 24.7 Å². The minimum Gasteiger partial charge on any atom is -0.369 e. The molecule has 2 heterocycles. The number of aryl methyl sites for hydroxylation is 2. The molecule has 5 nitrogen and oxygen atoms in total. The Hall–Kier alpha value is -0.910. The summed E-state index contributed by atoms with van der Waals surface area (Å²) in [6, 6.07) is 0.0606. The molecule has 0 radical (unpaired) electrons. The molecular formula is C14H26N4O. The van der Waals surface area contributed by atoms with Gasteiger partial charge in [-0.25, -0.2) is 0 Å². The lowest BCUT2D eigenvalue weighted by Gasteiger charge is -2.32. The van der Waals surface area contributed by atoms with Crippen LogP contribution >= 0.6 is 0 Å². The van der Waals surface area contributed by atoms with Crippen molar-refractivity contribution in [3.8, 4) is 0 Å². The molecule has 2 unspecified atom stereocenters. The smallest absolute Gasteiger partial charge is 0.0681 e. The Balaban J connectivity index is 2.35.